The number of anilines is 2. The number of primary amides is 1. The van der Waals surface area contributed by atoms with Crippen molar-refractivity contribution in [2.24, 2.45) is 5.73 Å². The molecule has 0 unspecified atom stereocenters. The molecule has 1 aliphatic rings. The molecule has 4 N–H and O–H groups in total. The second-order valence-electron chi connectivity index (χ2n) is 7.74. The fourth-order valence-electron chi connectivity index (χ4n) is 3.49. The van der Waals surface area contributed by atoms with Gasteiger partial charge in [-0.3, -0.25) is 9.59 Å². The summed E-state index contributed by atoms with van der Waals surface area (Å²) >= 11 is 0. The van der Waals surface area contributed by atoms with Crippen molar-refractivity contribution >= 4 is 33.2 Å². The number of aryl methyl sites for hydroxylation is 2. The minimum Gasteiger partial charge on any atom is -0.376 e. The van der Waals surface area contributed by atoms with Crippen LogP contribution < -0.4 is 16.4 Å². The van der Waals surface area contributed by atoms with Crippen LogP contribution in [0.25, 0.3) is 0 Å². The SMILES string of the molecule is Cc1ccc(C(N)=O)cc1NCC(=O)Nc1cc(S(=O)(=O)N2CCCCC2)ccc1C. The van der Waals surface area contributed by atoms with Gasteiger partial charge in [0.25, 0.3) is 0 Å². The van der Waals surface area contributed by atoms with Gasteiger partial charge >= 0.3 is 0 Å². The largest absolute Gasteiger partial charge is 0.376 e. The Balaban J connectivity index is 1.71. The number of carbonyl (C=O) groups is 2. The number of amides is 2. The summed E-state index contributed by atoms with van der Waals surface area (Å²) < 4.78 is 27.4. The van der Waals surface area contributed by atoms with Crippen molar-refractivity contribution in [2.45, 2.75) is 38.0 Å². The molecule has 2 amide bonds. The van der Waals surface area contributed by atoms with Gasteiger partial charge in [-0.2, -0.15) is 4.31 Å². The Kier molecular flexibility index (Phi) is 6.97. The van der Waals surface area contributed by atoms with Crippen LogP contribution in [0.1, 0.15) is 40.7 Å². The minimum absolute atomic E-state index is 0.0500. The third kappa shape index (κ3) is 5.42. The average Bonchev–Trinajstić information content (AvgIpc) is 2.75. The topological polar surface area (TPSA) is 122 Å². The standard InChI is InChI=1S/C22H28N4O4S/c1-15-6-8-17(22(23)28)12-19(15)24-14-21(27)25-20-13-18(9-7-16(20)2)31(29,30)26-10-4-3-5-11-26/h6-9,12-13,24H,3-5,10-11,14H2,1-2H3,(H2,23,28)(H,25,27). The Morgan fingerprint density at radius 3 is 2.29 bits per heavy atom. The lowest BCUT2D eigenvalue weighted by Crippen LogP contribution is -2.35. The van der Waals surface area contributed by atoms with Crippen LogP contribution in [-0.4, -0.2) is 44.2 Å². The number of hydrogen-bond acceptors (Lipinski definition) is 5. The molecule has 0 spiro atoms. The highest BCUT2D eigenvalue weighted by molar-refractivity contribution is 7.89. The minimum atomic E-state index is -3.59. The summed E-state index contributed by atoms with van der Waals surface area (Å²) in [6.45, 7) is 4.65. The van der Waals surface area contributed by atoms with Crippen molar-refractivity contribution in [3.05, 3.63) is 53.1 Å². The van der Waals surface area contributed by atoms with Crippen LogP contribution in [0.3, 0.4) is 0 Å². The van der Waals surface area contributed by atoms with E-state index in [1.165, 1.54) is 10.4 Å². The van der Waals surface area contributed by atoms with Gasteiger partial charge in [-0.05, 0) is 62.1 Å². The third-order valence-electron chi connectivity index (χ3n) is 5.40. The van der Waals surface area contributed by atoms with Crippen molar-refractivity contribution in [1.82, 2.24) is 4.31 Å². The molecule has 1 heterocycles. The highest BCUT2D eigenvalue weighted by Gasteiger charge is 2.26. The van der Waals surface area contributed by atoms with E-state index in [1.807, 2.05) is 6.92 Å². The van der Waals surface area contributed by atoms with E-state index in [-0.39, 0.29) is 17.3 Å². The van der Waals surface area contributed by atoms with Crippen LogP contribution >= 0.6 is 0 Å². The van der Waals surface area contributed by atoms with Crippen molar-refractivity contribution in [3.63, 3.8) is 0 Å². The van der Waals surface area contributed by atoms with Gasteiger partial charge in [0.2, 0.25) is 21.8 Å². The van der Waals surface area contributed by atoms with Crippen LogP contribution in [0, 0.1) is 13.8 Å². The lowest BCUT2D eigenvalue weighted by atomic mass is 10.1. The summed E-state index contributed by atoms with van der Waals surface area (Å²) in [5.41, 5.74) is 8.37. The van der Waals surface area contributed by atoms with E-state index in [2.05, 4.69) is 10.6 Å². The molecule has 2 aromatic carbocycles. The zero-order chi connectivity index (χ0) is 22.6. The highest BCUT2D eigenvalue weighted by atomic mass is 32.2. The number of nitrogens with one attached hydrogen (secondary N) is 2. The van der Waals surface area contributed by atoms with Crippen molar-refractivity contribution in [3.8, 4) is 0 Å². The predicted molar refractivity (Wildman–Crippen MR) is 121 cm³/mol. The second kappa shape index (κ2) is 9.49. The first-order chi connectivity index (χ1) is 14.7. The van der Waals surface area contributed by atoms with Crippen molar-refractivity contribution in [1.29, 1.82) is 0 Å². The summed E-state index contributed by atoms with van der Waals surface area (Å²) in [5.74, 6) is -0.880. The normalized spacial score (nSPS) is 14.8. The van der Waals surface area contributed by atoms with Gasteiger partial charge in [0.1, 0.15) is 0 Å². The average molecular weight is 445 g/mol. The maximum absolute atomic E-state index is 12.9. The molecule has 166 valence electrons. The molecule has 0 radical (unpaired) electrons. The molecule has 1 aliphatic heterocycles. The molecule has 3 rings (SSSR count). The number of sulfonamides is 1. The maximum atomic E-state index is 12.9. The first-order valence-electron chi connectivity index (χ1n) is 10.2. The van der Waals surface area contributed by atoms with Crippen molar-refractivity contribution in [2.75, 3.05) is 30.3 Å². The monoisotopic (exact) mass is 444 g/mol. The molecular weight excluding hydrogens is 416 g/mol. The molecule has 1 fully saturated rings. The van der Waals surface area contributed by atoms with Crippen LogP contribution in [0.15, 0.2) is 41.3 Å². The molecule has 0 aliphatic carbocycles. The maximum Gasteiger partial charge on any atom is 0.248 e. The van der Waals surface area contributed by atoms with Crippen LogP contribution in [-0.2, 0) is 14.8 Å². The van der Waals surface area contributed by atoms with Gasteiger partial charge in [0, 0.05) is 30.0 Å². The van der Waals surface area contributed by atoms with Gasteiger partial charge in [0.15, 0.2) is 0 Å². The fraction of sp³-hybridized carbons (Fsp3) is 0.364. The summed E-state index contributed by atoms with van der Waals surface area (Å²) in [6.07, 6.45) is 2.75. The zero-order valence-electron chi connectivity index (χ0n) is 17.8. The lowest BCUT2D eigenvalue weighted by Gasteiger charge is -2.26. The summed E-state index contributed by atoms with van der Waals surface area (Å²) in [4.78, 5) is 24.1. The van der Waals surface area contributed by atoms with Gasteiger partial charge in [-0.25, -0.2) is 8.42 Å². The molecule has 0 aromatic heterocycles. The Morgan fingerprint density at radius 2 is 1.61 bits per heavy atom. The first-order valence-corrected chi connectivity index (χ1v) is 11.7. The van der Waals surface area contributed by atoms with E-state index in [0.29, 0.717) is 30.0 Å². The van der Waals surface area contributed by atoms with Gasteiger partial charge in [0.05, 0.1) is 11.4 Å². The molecule has 2 aromatic rings. The molecule has 0 atom stereocenters. The lowest BCUT2D eigenvalue weighted by molar-refractivity contribution is -0.114. The Bertz CT molecular complexity index is 1090. The molecular formula is C22H28N4O4S. The Morgan fingerprint density at radius 1 is 0.968 bits per heavy atom. The summed E-state index contributed by atoms with van der Waals surface area (Å²) in [5, 5.41) is 5.77. The molecule has 8 nitrogen and oxygen atoms in total. The van der Waals surface area contributed by atoms with E-state index in [9.17, 15) is 18.0 Å². The molecule has 0 saturated carbocycles. The number of rotatable bonds is 7. The molecule has 31 heavy (non-hydrogen) atoms. The smallest absolute Gasteiger partial charge is 0.248 e. The fourth-order valence-corrected chi connectivity index (χ4v) is 5.03. The first kappa shape index (κ1) is 22.8. The number of nitrogens with zero attached hydrogens (tertiary/aromatic N) is 1. The van der Waals surface area contributed by atoms with E-state index in [1.54, 1.807) is 37.3 Å². The number of carbonyl (C=O) groups excluding carboxylic acids is 2. The quantitative estimate of drug-likeness (QED) is 0.606. The van der Waals surface area contributed by atoms with E-state index >= 15 is 0 Å². The van der Waals surface area contributed by atoms with Crippen molar-refractivity contribution < 1.29 is 18.0 Å². The predicted octanol–water partition coefficient (Wildman–Crippen LogP) is 2.63. The molecule has 0 bridgehead atoms. The van der Waals surface area contributed by atoms with E-state index in [4.69, 9.17) is 5.73 Å². The van der Waals surface area contributed by atoms with Crippen LogP contribution in [0.5, 0.6) is 0 Å². The Hall–Kier alpha value is -2.91. The molecule has 9 heteroatoms. The highest BCUT2D eigenvalue weighted by Crippen LogP contribution is 2.25. The Labute approximate surface area is 182 Å². The second-order valence-corrected chi connectivity index (χ2v) is 9.68. The van der Waals surface area contributed by atoms with Gasteiger partial charge < -0.3 is 16.4 Å². The molecule has 1 saturated heterocycles. The summed E-state index contributed by atoms with van der Waals surface area (Å²) in [6, 6.07) is 9.75. The third-order valence-corrected chi connectivity index (χ3v) is 7.29. The van der Waals surface area contributed by atoms with E-state index < -0.39 is 15.9 Å². The van der Waals surface area contributed by atoms with Gasteiger partial charge in [-0.15, -0.1) is 0 Å². The van der Waals surface area contributed by atoms with Crippen LogP contribution in [0.2, 0.25) is 0 Å². The zero-order valence-corrected chi connectivity index (χ0v) is 18.6. The van der Waals surface area contributed by atoms with E-state index in [0.717, 1.165) is 30.4 Å². The number of hydrogen-bond donors (Lipinski definition) is 3. The van der Waals surface area contributed by atoms with Crippen LogP contribution in [0.4, 0.5) is 11.4 Å². The van der Waals surface area contributed by atoms with Gasteiger partial charge in [-0.1, -0.05) is 18.6 Å². The number of piperidine rings is 1. The summed E-state index contributed by atoms with van der Waals surface area (Å²) in [7, 11) is -3.59. The number of benzene rings is 2. The number of nitrogens with two attached hydrogens (primary N) is 1.